The Morgan fingerprint density at radius 2 is 1.38 bits per heavy atom. The maximum absolute atomic E-state index is 10.6. The number of carbonyl (C=O) groups excluding carboxylic acids is 1. The van der Waals surface area contributed by atoms with Crippen LogP contribution in [-0.4, -0.2) is 16.1 Å². The third-order valence-corrected chi connectivity index (χ3v) is 2.62. The van der Waals surface area contributed by atoms with Crippen molar-refractivity contribution in [2.75, 3.05) is 11.1 Å². The van der Waals surface area contributed by atoms with Gasteiger partial charge in [0.2, 0.25) is 5.91 Å². The van der Waals surface area contributed by atoms with Gasteiger partial charge in [0.05, 0.1) is 13.2 Å². The fourth-order valence-electron chi connectivity index (χ4n) is 1.52. The van der Waals surface area contributed by atoms with Gasteiger partial charge >= 0.3 is 0 Å². The summed E-state index contributed by atoms with van der Waals surface area (Å²) in [6, 6.07) is 14.2. The van der Waals surface area contributed by atoms with Crippen LogP contribution in [0.3, 0.4) is 0 Å². The summed E-state index contributed by atoms with van der Waals surface area (Å²) in [5, 5.41) is 19.9. The maximum atomic E-state index is 10.6. The number of benzene rings is 2. The van der Waals surface area contributed by atoms with Gasteiger partial charge in [-0.05, 0) is 35.4 Å². The van der Waals surface area contributed by atoms with Crippen molar-refractivity contribution >= 4 is 17.3 Å². The largest absolute Gasteiger partial charge is 0.399 e. The molecule has 0 bridgehead atoms. The van der Waals surface area contributed by atoms with Crippen molar-refractivity contribution in [3.63, 3.8) is 0 Å². The molecule has 2 aromatic rings. The quantitative estimate of drug-likeness (QED) is 0.649. The van der Waals surface area contributed by atoms with Crippen LogP contribution in [0.2, 0.25) is 0 Å². The summed E-state index contributed by atoms with van der Waals surface area (Å²) < 4.78 is 0. The fourth-order valence-corrected chi connectivity index (χ4v) is 1.52. The third kappa shape index (κ3) is 6.56. The molecule has 2 rings (SSSR count). The average molecular weight is 288 g/mol. The van der Waals surface area contributed by atoms with E-state index in [4.69, 9.17) is 15.9 Å². The van der Waals surface area contributed by atoms with Crippen LogP contribution in [0, 0.1) is 0 Å². The molecule has 21 heavy (non-hydrogen) atoms. The lowest BCUT2D eigenvalue weighted by molar-refractivity contribution is -0.114. The van der Waals surface area contributed by atoms with Gasteiger partial charge < -0.3 is 21.3 Å². The van der Waals surface area contributed by atoms with Crippen LogP contribution in [0.4, 0.5) is 11.4 Å². The molecule has 0 fully saturated rings. The van der Waals surface area contributed by atoms with E-state index >= 15 is 0 Å². The van der Waals surface area contributed by atoms with Gasteiger partial charge in [0, 0.05) is 18.3 Å². The van der Waals surface area contributed by atoms with Crippen LogP contribution in [0.15, 0.2) is 48.5 Å². The summed E-state index contributed by atoms with van der Waals surface area (Å²) in [5.74, 6) is -0.0910. The molecule has 0 aliphatic carbocycles. The molecule has 0 aliphatic rings. The number of nitrogen functional groups attached to an aromatic ring is 1. The Hall–Kier alpha value is -2.37. The van der Waals surface area contributed by atoms with Crippen LogP contribution >= 0.6 is 0 Å². The van der Waals surface area contributed by atoms with E-state index in [1.54, 1.807) is 48.5 Å². The Morgan fingerprint density at radius 1 is 0.952 bits per heavy atom. The summed E-state index contributed by atoms with van der Waals surface area (Å²) in [6.45, 7) is 1.57. The first-order valence-electron chi connectivity index (χ1n) is 6.48. The molecule has 0 radical (unpaired) electrons. The topological polar surface area (TPSA) is 95.6 Å². The molecule has 0 heterocycles. The molecule has 5 N–H and O–H groups in total. The second kappa shape index (κ2) is 8.73. The van der Waals surface area contributed by atoms with Gasteiger partial charge in [-0.15, -0.1) is 0 Å². The highest BCUT2D eigenvalue weighted by Gasteiger charge is 1.94. The van der Waals surface area contributed by atoms with Crippen LogP contribution in [-0.2, 0) is 18.0 Å². The lowest BCUT2D eigenvalue weighted by atomic mass is 10.2. The molecule has 0 aromatic heterocycles. The van der Waals surface area contributed by atoms with Crippen molar-refractivity contribution in [2.24, 2.45) is 0 Å². The molecule has 1 amide bonds. The summed E-state index contributed by atoms with van der Waals surface area (Å²) in [5.41, 5.74) is 8.61. The molecule has 0 saturated heterocycles. The van der Waals surface area contributed by atoms with E-state index in [-0.39, 0.29) is 19.1 Å². The SMILES string of the molecule is CC(=O)Nc1ccc(CO)cc1.Nc1ccc(CO)cc1. The van der Waals surface area contributed by atoms with Crippen LogP contribution in [0.5, 0.6) is 0 Å². The zero-order valence-electron chi connectivity index (χ0n) is 11.9. The average Bonchev–Trinajstić information content (AvgIpc) is 2.49. The van der Waals surface area contributed by atoms with Crippen LogP contribution in [0.1, 0.15) is 18.1 Å². The smallest absolute Gasteiger partial charge is 0.221 e. The summed E-state index contributed by atoms with van der Waals surface area (Å²) in [7, 11) is 0. The summed E-state index contributed by atoms with van der Waals surface area (Å²) >= 11 is 0. The Kier molecular flexibility index (Phi) is 6.94. The van der Waals surface area contributed by atoms with Crippen molar-refractivity contribution in [1.29, 1.82) is 0 Å². The maximum Gasteiger partial charge on any atom is 0.221 e. The standard InChI is InChI=1S/C9H11NO2.C7H9NO/c1-7(12)10-9-4-2-8(6-11)3-5-9;8-7-3-1-6(5-9)2-4-7/h2-5,11H,6H2,1H3,(H,10,12);1-4,9H,5,8H2. The van der Waals surface area contributed by atoms with E-state index < -0.39 is 0 Å². The second-order valence-corrected chi connectivity index (χ2v) is 4.44. The van der Waals surface area contributed by atoms with Gasteiger partial charge in [0.15, 0.2) is 0 Å². The normalized spacial score (nSPS) is 9.48. The van der Waals surface area contributed by atoms with E-state index in [1.165, 1.54) is 6.92 Å². The first-order chi connectivity index (χ1) is 10.0. The van der Waals surface area contributed by atoms with Crippen molar-refractivity contribution in [1.82, 2.24) is 0 Å². The number of anilines is 2. The van der Waals surface area contributed by atoms with E-state index in [0.29, 0.717) is 0 Å². The third-order valence-electron chi connectivity index (χ3n) is 2.62. The number of aliphatic hydroxyl groups excluding tert-OH is 2. The zero-order chi connectivity index (χ0) is 15.7. The fraction of sp³-hybridized carbons (Fsp3) is 0.188. The number of hydrogen-bond donors (Lipinski definition) is 4. The predicted octanol–water partition coefficient (Wildman–Crippen LogP) is 1.90. The van der Waals surface area contributed by atoms with Gasteiger partial charge in [-0.2, -0.15) is 0 Å². The highest BCUT2D eigenvalue weighted by Crippen LogP contribution is 2.08. The lowest BCUT2D eigenvalue weighted by Gasteiger charge is -2.01. The Labute approximate surface area is 124 Å². The van der Waals surface area contributed by atoms with Crippen molar-refractivity contribution in [3.8, 4) is 0 Å². The van der Waals surface area contributed by atoms with E-state index in [1.807, 2.05) is 0 Å². The predicted molar refractivity (Wildman–Crippen MR) is 83.4 cm³/mol. The molecular formula is C16H20N2O3. The Bertz CT molecular complexity index is 551. The van der Waals surface area contributed by atoms with Crippen molar-refractivity contribution in [2.45, 2.75) is 20.1 Å². The molecule has 0 saturated carbocycles. The van der Waals surface area contributed by atoms with Gasteiger partial charge in [-0.3, -0.25) is 4.79 Å². The number of aliphatic hydroxyl groups is 2. The zero-order valence-corrected chi connectivity index (χ0v) is 11.9. The molecule has 0 atom stereocenters. The highest BCUT2D eigenvalue weighted by molar-refractivity contribution is 5.88. The molecule has 2 aromatic carbocycles. The molecule has 0 spiro atoms. The first kappa shape index (κ1) is 16.7. The van der Waals surface area contributed by atoms with Gasteiger partial charge in [0.1, 0.15) is 0 Å². The molecule has 0 aliphatic heterocycles. The van der Waals surface area contributed by atoms with Crippen LogP contribution in [0.25, 0.3) is 0 Å². The number of carbonyl (C=O) groups is 1. The Morgan fingerprint density at radius 3 is 1.76 bits per heavy atom. The monoisotopic (exact) mass is 288 g/mol. The highest BCUT2D eigenvalue weighted by atomic mass is 16.3. The number of rotatable bonds is 3. The molecule has 112 valence electrons. The van der Waals surface area contributed by atoms with E-state index in [9.17, 15) is 4.79 Å². The van der Waals surface area contributed by atoms with Crippen LogP contribution < -0.4 is 11.1 Å². The van der Waals surface area contributed by atoms with Gasteiger partial charge in [0.25, 0.3) is 0 Å². The summed E-state index contributed by atoms with van der Waals surface area (Å²) in [4.78, 5) is 10.6. The Balaban J connectivity index is 0.000000219. The van der Waals surface area contributed by atoms with Crippen molar-refractivity contribution < 1.29 is 15.0 Å². The first-order valence-corrected chi connectivity index (χ1v) is 6.48. The molecule has 5 nitrogen and oxygen atoms in total. The number of hydrogen-bond acceptors (Lipinski definition) is 4. The van der Waals surface area contributed by atoms with Crippen molar-refractivity contribution in [3.05, 3.63) is 59.7 Å². The van der Waals surface area contributed by atoms with Gasteiger partial charge in [-0.1, -0.05) is 24.3 Å². The molecule has 0 unspecified atom stereocenters. The summed E-state index contributed by atoms with van der Waals surface area (Å²) in [6.07, 6.45) is 0. The second-order valence-electron chi connectivity index (χ2n) is 4.44. The van der Waals surface area contributed by atoms with E-state index in [0.717, 1.165) is 22.5 Å². The minimum Gasteiger partial charge on any atom is -0.399 e. The minimum absolute atomic E-state index is 0.0281. The number of nitrogens with two attached hydrogens (primary N) is 1. The minimum atomic E-state index is -0.0910. The molecular weight excluding hydrogens is 268 g/mol. The van der Waals surface area contributed by atoms with E-state index in [2.05, 4.69) is 5.32 Å². The molecule has 5 heteroatoms. The van der Waals surface area contributed by atoms with Gasteiger partial charge in [-0.25, -0.2) is 0 Å². The number of amides is 1. The lowest BCUT2D eigenvalue weighted by Crippen LogP contribution is -2.05. The number of nitrogens with one attached hydrogen (secondary N) is 1.